The minimum Gasteiger partial charge on any atom is -0.392 e. The first kappa shape index (κ1) is 14.9. The molecule has 2 unspecified atom stereocenters. The summed E-state index contributed by atoms with van der Waals surface area (Å²) in [5.41, 5.74) is 1.00. The van der Waals surface area contributed by atoms with Crippen molar-refractivity contribution in [1.29, 1.82) is 0 Å². The molecule has 110 valence electrons. The quantitative estimate of drug-likeness (QED) is 0.854. The summed E-state index contributed by atoms with van der Waals surface area (Å²) in [5.74, 6) is -0.285. The van der Waals surface area contributed by atoms with Gasteiger partial charge >= 0.3 is 0 Å². The molecule has 0 aromatic heterocycles. The van der Waals surface area contributed by atoms with Gasteiger partial charge < -0.3 is 10.4 Å². The van der Waals surface area contributed by atoms with Crippen LogP contribution in [0.25, 0.3) is 0 Å². The Bertz CT molecular complexity index is 448. The van der Waals surface area contributed by atoms with Gasteiger partial charge in [-0.05, 0) is 44.0 Å². The molecular formula is C15H21FN2O2. The molecule has 1 fully saturated rings. The average molecular weight is 280 g/mol. The van der Waals surface area contributed by atoms with E-state index in [0.717, 1.165) is 24.9 Å². The van der Waals surface area contributed by atoms with Crippen LogP contribution in [0.4, 0.5) is 4.39 Å². The summed E-state index contributed by atoms with van der Waals surface area (Å²) in [6.07, 6.45) is 1.27. The highest BCUT2D eigenvalue weighted by atomic mass is 19.1. The van der Waals surface area contributed by atoms with E-state index in [1.165, 1.54) is 12.1 Å². The van der Waals surface area contributed by atoms with Crippen molar-refractivity contribution >= 4 is 5.91 Å². The first-order valence-electron chi connectivity index (χ1n) is 7.00. The Balaban J connectivity index is 1.93. The van der Waals surface area contributed by atoms with E-state index in [1.54, 1.807) is 19.1 Å². The van der Waals surface area contributed by atoms with E-state index >= 15 is 0 Å². The Morgan fingerprint density at radius 2 is 2.20 bits per heavy atom. The van der Waals surface area contributed by atoms with Gasteiger partial charge in [0.2, 0.25) is 5.91 Å². The van der Waals surface area contributed by atoms with Crippen molar-refractivity contribution in [3.8, 4) is 0 Å². The minimum atomic E-state index is -0.536. The molecule has 1 aliphatic rings. The van der Waals surface area contributed by atoms with Gasteiger partial charge in [0.25, 0.3) is 0 Å². The molecule has 0 bridgehead atoms. The summed E-state index contributed by atoms with van der Waals surface area (Å²) >= 11 is 0. The second-order valence-corrected chi connectivity index (χ2v) is 5.35. The maximum atomic E-state index is 12.9. The number of hydrogen-bond donors (Lipinski definition) is 2. The minimum absolute atomic E-state index is 0.0366. The zero-order valence-electron chi connectivity index (χ0n) is 11.7. The van der Waals surface area contributed by atoms with Gasteiger partial charge in [-0.15, -0.1) is 0 Å². The van der Waals surface area contributed by atoms with E-state index in [0.29, 0.717) is 6.54 Å². The first-order valence-corrected chi connectivity index (χ1v) is 7.00. The molecular weight excluding hydrogens is 259 g/mol. The van der Waals surface area contributed by atoms with Gasteiger partial charge in [0, 0.05) is 13.1 Å². The maximum Gasteiger partial charge on any atom is 0.237 e. The van der Waals surface area contributed by atoms with Crippen LogP contribution in [0, 0.1) is 5.82 Å². The average Bonchev–Trinajstić information content (AvgIpc) is 2.87. The lowest BCUT2D eigenvalue weighted by Gasteiger charge is -2.24. The molecule has 1 amide bonds. The number of rotatable bonds is 5. The third-order valence-corrected chi connectivity index (χ3v) is 3.54. The van der Waals surface area contributed by atoms with Gasteiger partial charge in [0.1, 0.15) is 5.82 Å². The summed E-state index contributed by atoms with van der Waals surface area (Å²) in [6, 6.07) is 6.22. The molecule has 1 saturated heterocycles. The molecule has 1 heterocycles. The summed E-state index contributed by atoms with van der Waals surface area (Å²) in [4.78, 5) is 14.2. The number of carbonyl (C=O) groups is 1. The third-order valence-electron chi connectivity index (χ3n) is 3.54. The van der Waals surface area contributed by atoms with Gasteiger partial charge in [0.05, 0.1) is 12.1 Å². The normalized spacial score (nSPS) is 20.9. The van der Waals surface area contributed by atoms with Crippen molar-refractivity contribution in [3.05, 3.63) is 35.6 Å². The molecule has 1 aromatic rings. The van der Waals surface area contributed by atoms with Crippen molar-refractivity contribution in [2.24, 2.45) is 0 Å². The van der Waals surface area contributed by atoms with Gasteiger partial charge in [-0.2, -0.15) is 0 Å². The van der Waals surface area contributed by atoms with Crippen molar-refractivity contribution in [2.75, 3.05) is 13.1 Å². The molecule has 4 nitrogen and oxygen atoms in total. The molecule has 0 saturated carbocycles. The van der Waals surface area contributed by atoms with Crippen LogP contribution in [0.2, 0.25) is 0 Å². The monoisotopic (exact) mass is 280 g/mol. The second-order valence-electron chi connectivity index (χ2n) is 5.35. The van der Waals surface area contributed by atoms with Crippen LogP contribution in [0.5, 0.6) is 0 Å². The Kier molecular flexibility index (Phi) is 5.09. The number of carbonyl (C=O) groups excluding carboxylic acids is 1. The lowest BCUT2D eigenvalue weighted by molar-refractivity contribution is -0.126. The molecule has 1 aliphatic heterocycles. The van der Waals surface area contributed by atoms with Crippen LogP contribution in [-0.4, -0.2) is 41.1 Å². The zero-order valence-corrected chi connectivity index (χ0v) is 11.7. The van der Waals surface area contributed by atoms with E-state index in [-0.39, 0.29) is 24.3 Å². The number of amides is 1. The van der Waals surface area contributed by atoms with Gasteiger partial charge in [0.15, 0.2) is 0 Å². The largest absolute Gasteiger partial charge is 0.392 e. The molecule has 2 atom stereocenters. The SMILES string of the molecule is CC(O)CNC(=O)C1CCCN1Cc1ccc(F)cc1. The fraction of sp³-hybridized carbons (Fsp3) is 0.533. The Hall–Kier alpha value is -1.46. The number of likely N-dealkylation sites (tertiary alicyclic amines) is 1. The highest BCUT2D eigenvalue weighted by molar-refractivity contribution is 5.82. The van der Waals surface area contributed by atoms with Gasteiger partial charge in [-0.3, -0.25) is 9.69 Å². The topological polar surface area (TPSA) is 52.6 Å². The fourth-order valence-corrected chi connectivity index (χ4v) is 2.50. The van der Waals surface area contributed by atoms with E-state index in [1.807, 2.05) is 0 Å². The molecule has 0 spiro atoms. The maximum absolute atomic E-state index is 12.9. The van der Waals surface area contributed by atoms with Crippen LogP contribution >= 0.6 is 0 Å². The van der Waals surface area contributed by atoms with E-state index in [4.69, 9.17) is 0 Å². The molecule has 0 aliphatic carbocycles. The predicted octanol–water partition coefficient (Wildman–Crippen LogP) is 1.29. The van der Waals surface area contributed by atoms with Gasteiger partial charge in [-0.1, -0.05) is 12.1 Å². The van der Waals surface area contributed by atoms with Crippen LogP contribution < -0.4 is 5.32 Å². The number of aliphatic hydroxyl groups excluding tert-OH is 1. The smallest absolute Gasteiger partial charge is 0.237 e. The highest BCUT2D eigenvalue weighted by Crippen LogP contribution is 2.20. The summed E-state index contributed by atoms with van der Waals surface area (Å²) in [7, 11) is 0. The highest BCUT2D eigenvalue weighted by Gasteiger charge is 2.30. The number of benzene rings is 1. The van der Waals surface area contributed by atoms with Crippen molar-refractivity contribution < 1.29 is 14.3 Å². The number of nitrogens with zero attached hydrogens (tertiary/aromatic N) is 1. The van der Waals surface area contributed by atoms with Crippen molar-refractivity contribution in [1.82, 2.24) is 10.2 Å². The molecule has 20 heavy (non-hydrogen) atoms. The second kappa shape index (κ2) is 6.81. The Labute approximate surface area is 118 Å². The Morgan fingerprint density at radius 3 is 2.85 bits per heavy atom. The number of halogens is 1. The zero-order chi connectivity index (χ0) is 14.5. The Morgan fingerprint density at radius 1 is 1.50 bits per heavy atom. The molecule has 0 radical (unpaired) electrons. The van der Waals surface area contributed by atoms with E-state index in [2.05, 4.69) is 10.2 Å². The summed E-state index contributed by atoms with van der Waals surface area (Å²) in [6.45, 7) is 3.43. The lowest BCUT2D eigenvalue weighted by atomic mass is 10.1. The molecule has 2 N–H and O–H groups in total. The standard InChI is InChI=1S/C15H21FN2O2/c1-11(19)9-17-15(20)14-3-2-8-18(14)10-12-4-6-13(16)7-5-12/h4-7,11,14,19H,2-3,8-10H2,1H3,(H,17,20). The number of nitrogens with one attached hydrogen (secondary N) is 1. The predicted molar refractivity (Wildman–Crippen MR) is 74.5 cm³/mol. The summed E-state index contributed by atoms with van der Waals surface area (Å²) in [5, 5.41) is 12.0. The first-order chi connectivity index (χ1) is 9.56. The van der Waals surface area contributed by atoms with E-state index in [9.17, 15) is 14.3 Å². The molecule has 5 heteroatoms. The number of hydrogen-bond acceptors (Lipinski definition) is 3. The van der Waals surface area contributed by atoms with Crippen LogP contribution in [0.15, 0.2) is 24.3 Å². The summed E-state index contributed by atoms with van der Waals surface area (Å²) < 4.78 is 12.9. The van der Waals surface area contributed by atoms with E-state index < -0.39 is 6.10 Å². The van der Waals surface area contributed by atoms with Crippen molar-refractivity contribution in [2.45, 2.75) is 38.5 Å². The fourth-order valence-electron chi connectivity index (χ4n) is 2.50. The molecule has 1 aromatic carbocycles. The van der Waals surface area contributed by atoms with Crippen LogP contribution in [0.1, 0.15) is 25.3 Å². The lowest BCUT2D eigenvalue weighted by Crippen LogP contribution is -2.44. The van der Waals surface area contributed by atoms with Crippen molar-refractivity contribution in [3.63, 3.8) is 0 Å². The van der Waals surface area contributed by atoms with Crippen LogP contribution in [0.3, 0.4) is 0 Å². The van der Waals surface area contributed by atoms with Gasteiger partial charge in [-0.25, -0.2) is 4.39 Å². The molecule has 2 rings (SSSR count). The third kappa shape index (κ3) is 4.02. The van der Waals surface area contributed by atoms with Crippen LogP contribution in [-0.2, 0) is 11.3 Å². The number of aliphatic hydroxyl groups is 1.